The quantitative estimate of drug-likeness (QED) is 0.502. The highest BCUT2D eigenvalue weighted by molar-refractivity contribution is 5.77. The van der Waals surface area contributed by atoms with Gasteiger partial charge in [0, 0.05) is 31.1 Å². The minimum Gasteiger partial charge on any atom is -0.481 e. The number of nitro groups is 1. The van der Waals surface area contributed by atoms with Gasteiger partial charge < -0.3 is 14.7 Å². The summed E-state index contributed by atoms with van der Waals surface area (Å²) in [7, 11) is 0. The number of halogens is 3. The zero-order valence-corrected chi connectivity index (χ0v) is 17.5. The average molecular weight is 466 g/mol. The van der Waals surface area contributed by atoms with Crippen molar-refractivity contribution in [3.63, 3.8) is 0 Å². The van der Waals surface area contributed by atoms with Crippen LogP contribution in [-0.2, 0) is 11.2 Å². The van der Waals surface area contributed by atoms with Gasteiger partial charge in [-0.3, -0.25) is 14.9 Å². The fourth-order valence-electron chi connectivity index (χ4n) is 3.88. The van der Waals surface area contributed by atoms with Gasteiger partial charge in [-0.2, -0.15) is 13.2 Å². The van der Waals surface area contributed by atoms with Crippen molar-refractivity contribution >= 4 is 17.7 Å². The van der Waals surface area contributed by atoms with Crippen molar-refractivity contribution in [3.05, 3.63) is 69.8 Å². The number of amides is 1. The summed E-state index contributed by atoms with van der Waals surface area (Å²) in [6.07, 6.45) is -6.05. The summed E-state index contributed by atoms with van der Waals surface area (Å²) in [6, 6.07) is 10.6. The molecule has 1 fully saturated rings. The van der Waals surface area contributed by atoms with Crippen molar-refractivity contribution in [2.24, 2.45) is 5.41 Å². The van der Waals surface area contributed by atoms with E-state index in [0.717, 1.165) is 0 Å². The largest absolute Gasteiger partial charge is 0.481 e. The lowest BCUT2D eigenvalue weighted by molar-refractivity contribution is -0.384. The number of benzene rings is 2. The lowest BCUT2D eigenvalue weighted by Crippen LogP contribution is -2.51. The highest BCUT2D eigenvalue weighted by atomic mass is 19.4. The first kappa shape index (κ1) is 24.0. The number of likely N-dealkylation sites (tertiary alicyclic amines) is 1. The number of hydrogen-bond acceptors (Lipinski definition) is 5. The zero-order valence-electron chi connectivity index (χ0n) is 17.5. The number of nitrogens with zero attached hydrogens (tertiary/aromatic N) is 2. The molecule has 33 heavy (non-hydrogen) atoms. The van der Waals surface area contributed by atoms with Gasteiger partial charge in [0.1, 0.15) is 5.75 Å². The Balaban J connectivity index is 1.78. The molecule has 0 radical (unpaired) electrons. The molecule has 11 heteroatoms. The fourth-order valence-corrected chi connectivity index (χ4v) is 3.88. The summed E-state index contributed by atoms with van der Waals surface area (Å²) in [5, 5.41) is 20.5. The third-order valence-corrected chi connectivity index (χ3v) is 5.56. The van der Waals surface area contributed by atoms with E-state index >= 15 is 0 Å². The van der Waals surface area contributed by atoms with Gasteiger partial charge in [0.05, 0.1) is 16.8 Å². The van der Waals surface area contributed by atoms with Crippen LogP contribution in [0.15, 0.2) is 48.5 Å². The first-order chi connectivity index (χ1) is 15.4. The van der Waals surface area contributed by atoms with Crippen molar-refractivity contribution in [1.29, 1.82) is 0 Å². The van der Waals surface area contributed by atoms with E-state index in [2.05, 4.69) is 0 Å². The van der Waals surface area contributed by atoms with Gasteiger partial charge in [0.15, 0.2) is 0 Å². The standard InChI is InChI=1S/C22H21F3N2O6/c1-21(19(28)29)11-16(15-4-2-14(3-5-15)10-22(23,24)25)12-26(13-21)20(30)33-18-8-6-17(7-9-18)27(31)32/h2-9,16H,10-13H2,1H3,(H,28,29). The summed E-state index contributed by atoms with van der Waals surface area (Å²) in [6.45, 7) is 1.47. The van der Waals surface area contributed by atoms with Crippen molar-refractivity contribution < 1.29 is 37.5 Å². The van der Waals surface area contributed by atoms with Crippen LogP contribution in [0, 0.1) is 15.5 Å². The molecule has 0 saturated carbocycles. The molecular formula is C22H21F3N2O6. The minimum absolute atomic E-state index is 0.0567. The van der Waals surface area contributed by atoms with Crippen LogP contribution in [0.2, 0.25) is 0 Å². The third kappa shape index (κ3) is 5.99. The minimum atomic E-state index is -4.34. The molecule has 1 saturated heterocycles. The second-order valence-corrected chi connectivity index (χ2v) is 8.30. The van der Waals surface area contributed by atoms with Crippen LogP contribution >= 0.6 is 0 Å². The first-order valence-electron chi connectivity index (χ1n) is 9.96. The maximum absolute atomic E-state index is 12.7. The van der Waals surface area contributed by atoms with E-state index in [-0.39, 0.29) is 36.5 Å². The van der Waals surface area contributed by atoms with E-state index < -0.39 is 40.9 Å². The Kier molecular flexibility index (Phi) is 6.61. The molecule has 1 aliphatic heterocycles. The van der Waals surface area contributed by atoms with Crippen LogP contribution in [-0.4, -0.2) is 46.3 Å². The average Bonchev–Trinajstić information content (AvgIpc) is 2.73. The number of aliphatic carboxylic acids is 1. The number of carbonyl (C=O) groups is 2. The topological polar surface area (TPSA) is 110 Å². The second kappa shape index (κ2) is 9.08. The van der Waals surface area contributed by atoms with E-state index in [1.165, 1.54) is 60.4 Å². The second-order valence-electron chi connectivity index (χ2n) is 8.30. The lowest BCUT2D eigenvalue weighted by Gasteiger charge is -2.41. The highest BCUT2D eigenvalue weighted by Gasteiger charge is 2.44. The Morgan fingerprint density at radius 2 is 1.79 bits per heavy atom. The molecule has 0 aromatic heterocycles. The first-order valence-corrected chi connectivity index (χ1v) is 9.96. The Bertz CT molecular complexity index is 1040. The Hall–Kier alpha value is -3.63. The number of rotatable bonds is 5. The van der Waals surface area contributed by atoms with E-state index in [4.69, 9.17) is 4.74 Å². The number of alkyl halides is 3. The molecule has 2 atom stereocenters. The SMILES string of the molecule is CC1(C(=O)O)CC(c2ccc(CC(F)(F)F)cc2)CN(C(=O)Oc2ccc([N+](=O)[O-])cc2)C1. The Labute approximate surface area is 186 Å². The molecular weight excluding hydrogens is 445 g/mol. The molecule has 8 nitrogen and oxygen atoms in total. The Morgan fingerprint density at radius 3 is 2.30 bits per heavy atom. The predicted octanol–water partition coefficient (Wildman–Crippen LogP) is 4.78. The molecule has 0 bridgehead atoms. The van der Waals surface area contributed by atoms with Crippen molar-refractivity contribution in [1.82, 2.24) is 4.90 Å². The van der Waals surface area contributed by atoms with E-state index in [1.54, 1.807) is 0 Å². The van der Waals surface area contributed by atoms with Gasteiger partial charge in [0.2, 0.25) is 0 Å². The summed E-state index contributed by atoms with van der Waals surface area (Å²) in [5.41, 5.74) is -0.791. The number of nitro benzene ring substituents is 1. The van der Waals surface area contributed by atoms with Crippen molar-refractivity contribution in [3.8, 4) is 5.75 Å². The number of hydrogen-bond donors (Lipinski definition) is 1. The maximum atomic E-state index is 12.7. The van der Waals surface area contributed by atoms with Crippen LogP contribution in [0.25, 0.3) is 0 Å². The molecule has 2 unspecified atom stereocenters. The molecule has 1 N–H and O–H groups in total. The van der Waals surface area contributed by atoms with Gasteiger partial charge in [-0.15, -0.1) is 0 Å². The number of carbonyl (C=O) groups excluding carboxylic acids is 1. The van der Waals surface area contributed by atoms with Gasteiger partial charge in [-0.25, -0.2) is 4.79 Å². The molecule has 0 aliphatic carbocycles. The fraction of sp³-hybridized carbons (Fsp3) is 0.364. The molecule has 0 spiro atoms. The third-order valence-electron chi connectivity index (χ3n) is 5.56. The van der Waals surface area contributed by atoms with Crippen LogP contribution in [0.4, 0.5) is 23.7 Å². The van der Waals surface area contributed by atoms with Crippen LogP contribution in [0.5, 0.6) is 5.75 Å². The van der Waals surface area contributed by atoms with Crippen LogP contribution in [0.1, 0.15) is 30.4 Å². The van der Waals surface area contributed by atoms with Crippen molar-refractivity contribution in [2.75, 3.05) is 13.1 Å². The number of carboxylic acid groups (broad SMARTS) is 1. The molecule has 1 aliphatic rings. The molecule has 1 heterocycles. The van der Waals surface area contributed by atoms with E-state index in [9.17, 15) is 38.0 Å². The normalized spacial score (nSPS) is 20.8. The monoisotopic (exact) mass is 466 g/mol. The number of carboxylic acids is 1. The molecule has 3 rings (SSSR count). The number of piperidine rings is 1. The van der Waals surface area contributed by atoms with E-state index in [0.29, 0.717) is 5.56 Å². The van der Waals surface area contributed by atoms with Gasteiger partial charge in [0.25, 0.3) is 5.69 Å². The number of non-ortho nitro benzene ring substituents is 1. The summed E-state index contributed by atoms with van der Waals surface area (Å²) in [5.74, 6) is -1.50. The molecule has 176 valence electrons. The summed E-state index contributed by atoms with van der Waals surface area (Å²) >= 11 is 0. The van der Waals surface area contributed by atoms with Crippen LogP contribution < -0.4 is 4.74 Å². The molecule has 2 aromatic rings. The molecule has 1 amide bonds. The van der Waals surface area contributed by atoms with E-state index in [1.807, 2.05) is 0 Å². The van der Waals surface area contributed by atoms with Crippen LogP contribution in [0.3, 0.4) is 0 Å². The maximum Gasteiger partial charge on any atom is 0.415 e. The van der Waals surface area contributed by atoms with Gasteiger partial charge >= 0.3 is 18.2 Å². The van der Waals surface area contributed by atoms with Crippen molar-refractivity contribution in [2.45, 2.75) is 31.9 Å². The lowest BCUT2D eigenvalue weighted by atomic mass is 9.74. The summed E-state index contributed by atoms with van der Waals surface area (Å²) in [4.78, 5) is 36.0. The molecule has 2 aromatic carbocycles. The van der Waals surface area contributed by atoms with Gasteiger partial charge in [-0.05, 0) is 36.6 Å². The Morgan fingerprint density at radius 1 is 1.18 bits per heavy atom. The number of ether oxygens (including phenoxy) is 1. The summed E-state index contributed by atoms with van der Waals surface area (Å²) < 4.78 is 43.1. The van der Waals surface area contributed by atoms with Gasteiger partial charge in [-0.1, -0.05) is 24.3 Å². The predicted molar refractivity (Wildman–Crippen MR) is 110 cm³/mol. The smallest absolute Gasteiger partial charge is 0.415 e. The highest BCUT2D eigenvalue weighted by Crippen LogP contribution is 2.39. The zero-order chi connectivity index (χ0) is 24.4.